The molecule has 0 fully saturated rings. The highest BCUT2D eigenvalue weighted by molar-refractivity contribution is 5.97. The molecule has 0 radical (unpaired) electrons. The summed E-state index contributed by atoms with van der Waals surface area (Å²) in [5, 5.41) is 4.22. The number of nitrogens with zero attached hydrogens (tertiary/aromatic N) is 4. The molecule has 0 saturated carbocycles. The molecule has 0 aliphatic heterocycles. The Morgan fingerprint density at radius 2 is 1.91 bits per heavy atom. The SMILES string of the molecule is CCC(C)(N)CCC(=O)c1c(C)nc2c(OCc3c(F)cccc3F)cc(-c3cnn(C)c3)cn12. The Bertz CT molecular complexity index is 1370. The number of ketones is 1. The maximum absolute atomic E-state index is 14.2. The van der Waals surface area contributed by atoms with Gasteiger partial charge in [0.1, 0.15) is 23.9 Å². The molecule has 4 aromatic rings. The van der Waals surface area contributed by atoms with E-state index in [4.69, 9.17) is 10.5 Å². The van der Waals surface area contributed by atoms with Crippen LogP contribution in [0, 0.1) is 18.6 Å². The maximum Gasteiger partial charge on any atom is 0.181 e. The number of Topliss-reactive ketones (excluding diaryl/α,β-unsaturated/α-hetero) is 1. The molecule has 7 nitrogen and oxygen atoms in total. The van der Waals surface area contributed by atoms with E-state index in [0.29, 0.717) is 29.2 Å². The fraction of sp³-hybridized carbons (Fsp3) is 0.346. The molecule has 1 aromatic carbocycles. The fourth-order valence-electron chi connectivity index (χ4n) is 3.91. The lowest BCUT2D eigenvalue weighted by Gasteiger charge is -2.21. The second-order valence-corrected chi connectivity index (χ2v) is 9.15. The average molecular weight is 482 g/mol. The van der Waals surface area contributed by atoms with E-state index in [0.717, 1.165) is 17.5 Å². The molecule has 3 heterocycles. The lowest BCUT2D eigenvalue weighted by molar-refractivity contribution is 0.0964. The van der Waals surface area contributed by atoms with Gasteiger partial charge in [-0.1, -0.05) is 13.0 Å². The summed E-state index contributed by atoms with van der Waals surface area (Å²) in [6, 6.07) is 5.40. The fourth-order valence-corrected chi connectivity index (χ4v) is 3.91. The van der Waals surface area contributed by atoms with Crippen LogP contribution in [-0.2, 0) is 13.7 Å². The number of ether oxygens (including phenoxy) is 1. The first-order valence-electron chi connectivity index (χ1n) is 11.5. The van der Waals surface area contributed by atoms with E-state index in [-0.39, 0.29) is 24.4 Å². The van der Waals surface area contributed by atoms with Gasteiger partial charge in [-0.15, -0.1) is 0 Å². The zero-order valence-corrected chi connectivity index (χ0v) is 20.3. The van der Waals surface area contributed by atoms with E-state index in [1.807, 2.05) is 20.0 Å². The number of carbonyl (C=O) groups excluding carboxylic acids is 1. The normalized spacial score (nSPS) is 13.2. The minimum atomic E-state index is -0.694. The number of benzene rings is 1. The molecule has 0 bridgehead atoms. The summed E-state index contributed by atoms with van der Waals surface area (Å²) in [6.45, 7) is 5.34. The second-order valence-electron chi connectivity index (χ2n) is 9.15. The van der Waals surface area contributed by atoms with Crippen molar-refractivity contribution in [3.8, 4) is 16.9 Å². The highest BCUT2D eigenvalue weighted by Gasteiger charge is 2.24. The van der Waals surface area contributed by atoms with Gasteiger partial charge in [0.15, 0.2) is 17.2 Å². The van der Waals surface area contributed by atoms with Crippen molar-refractivity contribution in [2.24, 2.45) is 12.8 Å². The lowest BCUT2D eigenvalue weighted by Crippen LogP contribution is -2.35. The molecule has 0 saturated heterocycles. The first kappa shape index (κ1) is 24.5. The molecular weight excluding hydrogens is 452 g/mol. The Hall–Kier alpha value is -3.59. The quantitative estimate of drug-likeness (QED) is 0.340. The Labute approximate surface area is 202 Å². The van der Waals surface area contributed by atoms with Crippen LogP contribution in [-0.4, -0.2) is 30.5 Å². The van der Waals surface area contributed by atoms with Crippen LogP contribution in [0.15, 0.2) is 42.9 Å². The summed E-state index contributed by atoms with van der Waals surface area (Å²) < 4.78 is 37.6. The summed E-state index contributed by atoms with van der Waals surface area (Å²) in [6.07, 6.45) is 6.87. The Balaban J connectivity index is 1.78. The van der Waals surface area contributed by atoms with Crippen molar-refractivity contribution in [3.63, 3.8) is 0 Å². The number of aryl methyl sites for hydroxylation is 2. The number of rotatable bonds is 9. The van der Waals surface area contributed by atoms with Crippen LogP contribution in [0.4, 0.5) is 8.78 Å². The molecule has 3 aromatic heterocycles. The minimum Gasteiger partial charge on any atom is -0.485 e. The molecular formula is C26H29F2N5O2. The van der Waals surface area contributed by atoms with Crippen LogP contribution in [0.25, 0.3) is 16.8 Å². The van der Waals surface area contributed by atoms with Crippen molar-refractivity contribution in [1.29, 1.82) is 0 Å². The molecule has 1 unspecified atom stereocenters. The van der Waals surface area contributed by atoms with Crippen LogP contribution in [0.1, 0.15) is 54.9 Å². The van der Waals surface area contributed by atoms with Crippen molar-refractivity contribution in [2.75, 3.05) is 0 Å². The Kier molecular flexibility index (Phi) is 6.71. The second kappa shape index (κ2) is 9.58. The summed E-state index contributed by atoms with van der Waals surface area (Å²) in [7, 11) is 1.80. The summed E-state index contributed by atoms with van der Waals surface area (Å²) in [4.78, 5) is 17.8. The van der Waals surface area contributed by atoms with Crippen LogP contribution >= 0.6 is 0 Å². The molecule has 0 amide bonds. The summed E-state index contributed by atoms with van der Waals surface area (Å²) >= 11 is 0. The van der Waals surface area contributed by atoms with Gasteiger partial charge in [-0.25, -0.2) is 13.8 Å². The molecule has 4 rings (SSSR count). The third kappa shape index (κ3) is 5.09. The van der Waals surface area contributed by atoms with Crippen molar-refractivity contribution in [2.45, 2.75) is 52.2 Å². The Morgan fingerprint density at radius 1 is 1.20 bits per heavy atom. The van der Waals surface area contributed by atoms with E-state index in [1.54, 1.807) is 41.5 Å². The standard InChI is InChI=1S/C26H29F2N5O2/c1-5-26(3,29)10-9-22(34)24-16(2)31-25-23(35-15-19-20(27)7-6-8-21(19)28)11-17(14-33(24)25)18-12-30-32(4)13-18/h6-8,11-14H,5,9-10,15,29H2,1-4H3. The monoisotopic (exact) mass is 481 g/mol. The number of carbonyl (C=O) groups is 1. The average Bonchev–Trinajstić information content (AvgIpc) is 3.39. The van der Waals surface area contributed by atoms with Gasteiger partial charge in [-0.3, -0.25) is 13.9 Å². The van der Waals surface area contributed by atoms with Gasteiger partial charge in [0.2, 0.25) is 0 Å². The van der Waals surface area contributed by atoms with Crippen molar-refractivity contribution >= 4 is 11.4 Å². The summed E-state index contributed by atoms with van der Waals surface area (Å²) in [5.74, 6) is -1.18. The van der Waals surface area contributed by atoms with Gasteiger partial charge in [0.25, 0.3) is 0 Å². The zero-order valence-electron chi connectivity index (χ0n) is 20.3. The molecule has 1 atom stereocenters. The predicted octanol–water partition coefficient (Wildman–Crippen LogP) is 4.99. The molecule has 0 spiro atoms. The molecule has 0 aliphatic rings. The third-order valence-corrected chi connectivity index (χ3v) is 6.33. The number of aromatic nitrogens is 4. The van der Waals surface area contributed by atoms with Crippen LogP contribution in [0.5, 0.6) is 5.75 Å². The smallest absolute Gasteiger partial charge is 0.181 e. The Morgan fingerprint density at radius 3 is 2.54 bits per heavy atom. The number of fused-ring (bicyclic) bond motifs is 1. The van der Waals surface area contributed by atoms with Gasteiger partial charge in [-0.2, -0.15) is 5.10 Å². The van der Waals surface area contributed by atoms with Gasteiger partial charge < -0.3 is 10.5 Å². The highest BCUT2D eigenvalue weighted by atomic mass is 19.1. The zero-order chi connectivity index (χ0) is 25.3. The summed E-state index contributed by atoms with van der Waals surface area (Å²) in [5.41, 5.74) is 8.50. The molecule has 2 N–H and O–H groups in total. The first-order chi connectivity index (χ1) is 16.6. The van der Waals surface area contributed by atoms with Crippen molar-refractivity contribution in [1.82, 2.24) is 19.2 Å². The largest absolute Gasteiger partial charge is 0.485 e. The number of imidazole rings is 1. The van der Waals surface area contributed by atoms with Crippen molar-refractivity contribution in [3.05, 3.63) is 71.4 Å². The van der Waals surface area contributed by atoms with E-state index in [9.17, 15) is 13.6 Å². The minimum absolute atomic E-state index is 0.0884. The van der Waals surface area contributed by atoms with Gasteiger partial charge in [0, 0.05) is 42.5 Å². The first-order valence-corrected chi connectivity index (χ1v) is 11.5. The van der Waals surface area contributed by atoms with E-state index in [1.165, 1.54) is 18.2 Å². The number of halogens is 2. The molecule has 184 valence electrons. The number of hydrogen-bond acceptors (Lipinski definition) is 5. The van der Waals surface area contributed by atoms with Gasteiger partial charge >= 0.3 is 0 Å². The van der Waals surface area contributed by atoms with E-state index < -0.39 is 17.2 Å². The van der Waals surface area contributed by atoms with Gasteiger partial charge in [0.05, 0.1) is 17.5 Å². The maximum atomic E-state index is 14.2. The topological polar surface area (TPSA) is 87.4 Å². The predicted molar refractivity (Wildman–Crippen MR) is 129 cm³/mol. The lowest BCUT2D eigenvalue weighted by atomic mass is 9.92. The van der Waals surface area contributed by atoms with E-state index in [2.05, 4.69) is 10.1 Å². The highest BCUT2D eigenvalue weighted by Crippen LogP contribution is 2.31. The van der Waals surface area contributed by atoms with Crippen molar-refractivity contribution < 1.29 is 18.3 Å². The van der Waals surface area contributed by atoms with Crippen LogP contribution in [0.2, 0.25) is 0 Å². The number of pyridine rings is 1. The van der Waals surface area contributed by atoms with Crippen LogP contribution < -0.4 is 10.5 Å². The number of hydrogen-bond donors (Lipinski definition) is 1. The molecule has 35 heavy (non-hydrogen) atoms. The molecule has 9 heteroatoms. The van der Waals surface area contributed by atoms with Gasteiger partial charge in [-0.05, 0) is 44.9 Å². The van der Waals surface area contributed by atoms with E-state index >= 15 is 0 Å². The van der Waals surface area contributed by atoms with Crippen LogP contribution in [0.3, 0.4) is 0 Å². The molecule has 0 aliphatic carbocycles. The third-order valence-electron chi connectivity index (χ3n) is 6.33. The number of nitrogens with two attached hydrogens (primary N) is 1.